The van der Waals surface area contributed by atoms with E-state index in [4.69, 9.17) is 0 Å². The lowest BCUT2D eigenvalue weighted by molar-refractivity contribution is -0.130. The summed E-state index contributed by atoms with van der Waals surface area (Å²) >= 11 is 0. The fraction of sp³-hybridized carbons (Fsp3) is 0.810. The average molecular weight is 398 g/mol. The molecule has 28 heavy (non-hydrogen) atoms. The first-order chi connectivity index (χ1) is 13.0. The molecule has 0 aromatic heterocycles. The molecular weight excluding hydrogens is 358 g/mol. The lowest BCUT2D eigenvalue weighted by Crippen LogP contribution is -2.43. The standard InChI is InChI=1S/C21H39N3O4/c1-14(2)18(25)8-7-9-20(27)24-17(21(28)15(3)4)10-11-19(26)23-13-12-22-16(5)6/h14-17,22H,7-13H2,1-6H3,(H,23,26)(H,24,27). The lowest BCUT2D eigenvalue weighted by atomic mass is 9.97. The summed E-state index contributed by atoms with van der Waals surface area (Å²) in [6, 6.07) is -0.316. The van der Waals surface area contributed by atoms with Gasteiger partial charge in [0.2, 0.25) is 11.8 Å². The highest BCUT2D eigenvalue weighted by molar-refractivity contribution is 5.91. The summed E-state index contributed by atoms with van der Waals surface area (Å²) in [6.45, 7) is 12.5. The van der Waals surface area contributed by atoms with Crippen LogP contribution < -0.4 is 16.0 Å². The Morgan fingerprint density at radius 2 is 1.39 bits per heavy atom. The number of carbonyl (C=O) groups is 4. The first-order valence-corrected chi connectivity index (χ1v) is 10.4. The van der Waals surface area contributed by atoms with Crippen molar-refractivity contribution in [2.45, 2.75) is 85.7 Å². The van der Waals surface area contributed by atoms with Gasteiger partial charge in [-0.15, -0.1) is 0 Å². The molecule has 2 amide bonds. The molecule has 1 atom stereocenters. The van der Waals surface area contributed by atoms with Crippen LogP contribution in [-0.4, -0.2) is 48.6 Å². The van der Waals surface area contributed by atoms with Gasteiger partial charge in [-0.2, -0.15) is 0 Å². The zero-order valence-corrected chi connectivity index (χ0v) is 18.4. The molecule has 7 nitrogen and oxygen atoms in total. The van der Waals surface area contributed by atoms with Crippen LogP contribution >= 0.6 is 0 Å². The highest BCUT2D eigenvalue weighted by Gasteiger charge is 2.23. The Morgan fingerprint density at radius 3 is 1.93 bits per heavy atom. The van der Waals surface area contributed by atoms with Crippen LogP contribution in [0.15, 0.2) is 0 Å². The van der Waals surface area contributed by atoms with Gasteiger partial charge in [0.15, 0.2) is 5.78 Å². The number of Topliss-reactive ketones (excluding diaryl/α,β-unsaturated/α-hetero) is 2. The van der Waals surface area contributed by atoms with Gasteiger partial charge in [-0.05, 0) is 12.8 Å². The largest absolute Gasteiger partial charge is 0.355 e. The second kappa shape index (κ2) is 14.3. The van der Waals surface area contributed by atoms with Crippen molar-refractivity contribution < 1.29 is 19.2 Å². The van der Waals surface area contributed by atoms with Crippen molar-refractivity contribution >= 4 is 23.4 Å². The number of nitrogens with one attached hydrogen (secondary N) is 3. The zero-order chi connectivity index (χ0) is 21.7. The maximum atomic E-state index is 12.4. The van der Waals surface area contributed by atoms with E-state index < -0.39 is 6.04 Å². The Balaban J connectivity index is 4.43. The molecule has 0 aliphatic carbocycles. The van der Waals surface area contributed by atoms with Crippen molar-refractivity contribution in [2.24, 2.45) is 11.8 Å². The quantitative estimate of drug-likeness (QED) is 0.367. The van der Waals surface area contributed by atoms with Crippen molar-refractivity contribution in [3.63, 3.8) is 0 Å². The molecule has 0 rings (SSSR count). The molecule has 7 heteroatoms. The first-order valence-electron chi connectivity index (χ1n) is 10.4. The van der Waals surface area contributed by atoms with Crippen molar-refractivity contribution in [3.05, 3.63) is 0 Å². The minimum Gasteiger partial charge on any atom is -0.355 e. The van der Waals surface area contributed by atoms with E-state index in [2.05, 4.69) is 16.0 Å². The fourth-order valence-corrected chi connectivity index (χ4v) is 2.59. The van der Waals surface area contributed by atoms with Crippen LogP contribution in [0.1, 0.15) is 73.6 Å². The highest BCUT2D eigenvalue weighted by atomic mass is 16.2. The molecule has 0 aliphatic rings. The van der Waals surface area contributed by atoms with Gasteiger partial charge in [-0.1, -0.05) is 41.5 Å². The summed E-state index contributed by atoms with van der Waals surface area (Å²) in [7, 11) is 0. The number of rotatable bonds is 15. The minimum atomic E-state index is -0.673. The van der Waals surface area contributed by atoms with E-state index in [0.29, 0.717) is 32.0 Å². The fourth-order valence-electron chi connectivity index (χ4n) is 2.59. The lowest BCUT2D eigenvalue weighted by Gasteiger charge is -2.19. The summed E-state index contributed by atoms with van der Waals surface area (Å²) in [5.74, 6) is -0.605. The summed E-state index contributed by atoms with van der Waals surface area (Å²) < 4.78 is 0. The Labute approximate surface area is 169 Å². The van der Waals surface area contributed by atoms with Crippen LogP contribution in [0.5, 0.6) is 0 Å². The summed E-state index contributed by atoms with van der Waals surface area (Å²) in [6.07, 6.45) is 1.48. The van der Waals surface area contributed by atoms with E-state index in [0.717, 1.165) is 0 Å². The van der Waals surface area contributed by atoms with Gasteiger partial charge in [-0.3, -0.25) is 19.2 Å². The van der Waals surface area contributed by atoms with E-state index in [1.54, 1.807) is 13.8 Å². The third-order valence-electron chi connectivity index (χ3n) is 4.38. The van der Waals surface area contributed by atoms with Crippen molar-refractivity contribution in [1.29, 1.82) is 0 Å². The normalized spacial score (nSPS) is 12.3. The summed E-state index contributed by atoms with van der Waals surface area (Å²) in [5.41, 5.74) is 0. The average Bonchev–Trinajstić information content (AvgIpc) is 2.61. The van der Waals surface area contributed by atoms with E-state index in [9.17, 15) is 19.2 Å². The highest BCUT2D eigenvalue weighted by Crippen LogP contribution is 2.09. The number of amides is 2. The second-order valence-electron chi connectivity index (χ2n) is 8.15. The number of carbonyl (C=O) groups excluding carboxylic acids is 4. The van der Waals surface area contributed by atoms with Gasteiger partial charge < -0.3 is 16.0 Å². The van der Waals surface area contributed by atoms with Crippen LogP contribution in [0.4, 0.5) is 0 Å². The summed E-state index contributed by atoms with van der Waals surface area (Å²) in [4.78, 5) is 48.2. The van der Waals surface area contributed by atoms with Gasteiger partial charge >= 0.3 is 0 Å². The second-order valence-corrected chi connectivity index (χ2v) is 8.15. The third-order valence-corrected chi connectivity index (χ3v) is 4.38. The van der Waals surface area contributed by atoms with Crippen molar-refractivity contribution in [1.82, 2.24) is 16.0 Å². The zero-order valence-electron chi connectivity index (χ0n) is 18.4. The van der Waals surface area contributed by atoms with Gasteiger partial charge in [-0.25, -0.2) is 0 Å². The number of ketones is 2. The molecule has 0 saturated heterocycles. The first kappa shape index (κ1) is 26.2. The van der Waals surface area contributed by atoms with Crippen LogP contribution in [-0.2, 0) is 19.2 Å². The molecule has 0 aromatic rings. The molecule has 0 aromatic carbocycles. The van der Waals surface area contributed by atoms with Crippen LogP contribution in [0.2, 0.25) is 0 Å². The molecule has 0 spiro atoms. The predicted octanol–water partition coefficient (Wildman–Crippen LogP) is 1.99. The molecule has 162 valence electrons. The van der Waals surface area contributed by atoms with Gasteiger partial charge in [0.1, 0.15) is 5.78 Å². The van der Waals surface area contributed by atoms with Gasteiger partial charge in [0.25, 0.3) is 0 Å². The number of hydrogen-bond donors (Lipinski definition) is 3. The monoisotopic (exact) mass is 397 g/mol. The predicted molar refractivity (Wildman–Crippen MR) is 111 cm³/mol. The van der Waals surface area contributed by atoms with E-state index in [-0.39, 0.29) is 54.5 Å². The molecule has 0 aliphatic heterocycles. The smallest absolute Gasteiger partial charge is 0.220 e. The van der Waals surface area contributed by atoms with Crippen molar-refractivity contribution in [2.75, 3.05) is 13.1 Å². The van der Waals surface area contributed by atoms with E-state index in [1.165, 1.54) is 0 Å². The molecule has 1 unspecified atom stereocenters. The van der Waals surface area contributed by atoms with E-state index >= 15 is 0 Å². The van der Waals surface area contributed by atoms with Crippen LogP contribution in [0.25, 0.3) is 0 Å². The maximum Gasteiger partial charge on any atom is 0.220 e. The molecule has 0 saturated carbocycles. The van der Waals surface area contributed by atoms with Gasteiger partial charge in [0.05, 0.1) is 6.04 Å². The Bertz CT molecular complexity index is 516. The van der Waals surface area contributed by atoms with Crippen LogP contribution in [0, 0.1) is 11.8 Å². The molecule has 0 heterocycles. The minimum absolute atomic E-state index is 0.0346. The Morgan fingerprint density at radius 1 is 0.750 bits per heavy atom. The molecule has 0 bridgehead atoms. The third kappa shape index (κ3) is 12.6. The molecule has 0 fully saturated rings. The summed E-state index contributed by atoms with van der Waals surface area (Å²) in [5, 5.41) is 8.77. The van der Waals surface area contributed by atoms with Crippen molar-refractivity contribution in [3.8, 4) is 0 Å². The Hall–Kier alpha value is -1.76. The van der Waals surface area contributed by atoms with Gasteiger partial charge in [0, 0.05) is 50.2 Å². The van der Waals surface area contributed by atoms with E-state index in [1.807, 2.05) is 27.7 Å². The molecule has 3 N–H and O–H groups in total. The van der Waals surface area contributed by atoms with Crippen LogP contribution in [0.3, 0.4) is 0 Å². The topological polar surface area (TPSA) is 104 Å². The SMILES string of the molecule is CC(C)NCCNC(=O)CCC(NC(=O)CCCC(=O)C(C)C)C(=O)C(C)C. The molecule has 0 radical (unpaired) electrons. The molecular formula is C21H39N3O4. The number of hydrogen-bond acceptors (Lipinski definition) is 5. The Kier molecular flexibility index (Phi) is 13.4. The maximum absolute atomic E-state index is 12.4.